The van der Waals surface area contributed by atoms with Crippen molar-refractivity contribution in [3.63, 3.8) is 0 Å². The van der Waals surface area contributed by atoms with Crippen molar-refractivity contribution >= 4 is 12.2 Å². The van der Waals surface area contributed by atoms with Gasteiger partial charge in [0, 0.05) is 5.56 Å². The fourth-order valence-electron chi connectivity index (χ4n) is 1.24. The molecule has 0 saturated carbocycles. The highest BCUT2D eigenvalue weighted by Crippen LogP contribution is 2.17. The summed E-state index contributed by atoms with van der Waals surface area (Å²) in [5.41, 5.74) is 6.31. The summed E-state index contributed by atoms with van der Waals surface area (Å²) < 4.78 is 0. The second kappa shape index (κ2) is 5.13. The summed E-state index contributed by atoms with van der Waals surface area (Å²) in [4.78, 5) is 10.5. The minimum atomic E-state index is -1.09. The second-order valence-electron chi connectivity index (χ2n) is 3.29. The molecule has 16 heavy (non-hydrogen) atoms. The van der Waals surface area contributed by atoms with Gasteiger partial charge in [0.15, 0.2) is 0 Å². The number of phenolic OH excluding ortho intramolecular Hbond substituents is 1. The quantitative estimate of drug-likeness (QED) is 0.330. The molecule has 0 bridgehead atoms. The second-order valence-corrected chi connectivity index (χ2v) is 3.29. The van der Waals surface area contributed by atoms with Crippen LogP contribution in [0.4, 0.5) is 0 Å². The predicted octanol–water partition coefficient (Wildman–Crippen LogP) is 0.155. The molecule has 0 heterocycles. The molecule has 0 amide bonds. The summed E-state index contributed by atoms with van der Waals surface area (Å²) in [5, 5.41) is 29.1. The average molecular weight is 224 g/mol. The first kappa shape index (κ1) is 12.0. The minimum absolute atomic E-state index is 0.0505. The largest absolute Gasteiger partial charge is 0.507 e. The Morgan fingerprint density at radius 1 is 1.56 bits per heavy atom. The molecule has 1 unspecified atom stereocenters. The summed E-state index contributed by atoms with van der Waals surface area (Å²) in [5.74, 6) is -1.14. The van der Waals surface area contributed by atoms with Crippen LogP contribution in [0.15, 0.2) is 23.4 Å². The third-order valence-corrected chi connectivity index (χ3v) is 2.06. The summed E-state index contributed by atoms with van der Waals surface area (Å²) in [7, 11) is 0. The molecule has 6 nitrogen and oxygen atoms in total. The number of nitrogens with zero attached hydrogens (tertiary/aromatic N) is 1. The third kappa shape index (κ3) is 2.96. The van der Waals surface area contributed by atoms with Gasteiger partial charge in [0.2, 0.25) is 0 Å². The van der Waals surface area contributed by atoms with Crippen molar-refractivity contribution in [2.45, 2.75) is 12.5 Å². The van der Waals surface area contributed by atoms with Crippen molar-refractivity contribution in [1.82, 2.24) is 0 Å². The maximum Gasteiger partial charge on any atom is 0.320 e. The SMILES string of the molecule is NC(Cc1ccc(O)c(/C=N/O)c1)C(=O)O. The van der Waals surface area contributed by atoms with Crippen molar-refractivity contribution in [3.8, 4) is 5.75 Å². The molecule has 0 aliphatic heterocycles. The normalized spacial score (nSPS) is 12.8. The number of phenols is 1. The van der Waals surface area contributed by atoms with E-state index in [1.54, 1.807) is 6.07 Å². The number of aliphatic carboxylic acids is 1. The molecule has 0 aliphatic carbocycles. The molecule has 0 saturated heterocycles. The highest BCUT2D eigenvalue weighted by atomic mass is 16.4. The van der Waals surface area contributed by atoms with E-state index in [0.717, 1.165) is 6.21 Å². The highest BCUT2D eigenvalue weighted by molar-refractivity contribution is 5.83. The number of carbonyl (C=O) groups is 1. The van der Waals surface area contributed by atoms with Gasteiger partial charge in [-0.3, -0.25) is 4.79 Å². The third-order valence-electron chi connectivity index (χ3n) is 2.06. The van der Waals surface area contributed by atoms with Gasteiger partial charge in [0.1, 0.15) is 11.8 Å². The summed E-state index contributed by atoms with van der Waals surface area (Å²) in [6, 6.07) is 3.47. The lowest BCUT2D eigenvalue weighted by atomic mass is 10.0. The summed E-state index contributed by atoms with van der Waals surface area (Å²) >= 11 is 0. The highest BCUT2D eigenvalue weighted by Gasteiger charge is 2.12. The Hall–Kier alpha value is -2.08. The molecule has 5 N–H and O–H groups in total. The molecule has 0 fully saturated rings. The fourth-order valence-corrected chi connectivity index (χ4v) is 1.24. The molecule has 6 heteroatoms. The Morgan fingerprint density at radius 3 is 2.81 bits per heavy atom. The van der Waals surface area contributed by atoms with Gasteiger partial charge in [-0.2, -0.15) is 0 Å². The molecule has 0 spiro atoms. The van der Waals surface area contributed by atoms with Gasteiger partial charge in [-0.1, -0.05) is 11.2 Å². The molecule has 1 rings (SSSR count). The van der Waals surface area contributed by atoms with Crippen LogP contribution in [0.2, 0.25) is 0 Å². The lowest BCUT2D eigenvalue weighted by Gasteiger charge is -2.07. The zero-order valence-electron chi connectivity index (χ0n) is 8.37. The van der Waals surface area contributed by atoms with E-state index < -0.39 is 12.0 Å². The molecular formula is C10H12N2O4. The van der Waals surface area contributed by atoms with Gasteiger partial charge in [0.25, 0.3) is 0 Å². The average Bonchev–Trinajstić information content (AvgIpc) is 2.23. The van der Waals surface area contributed by atoms with Crippen molar-refractivity contribution < 1.29 is 20.2 Å². The maximum atomic E-state index is 10.5. The zero-order chi connectivity index (χ0) is 12.1. The van der Waals surface area contributed by atoms with Crippen molar-refractivity contribution in [3.05, 3.63) is 29.3 Å². The first-order valence-electron chi connectivity index (χ1n) is 4.52. The smallest absolute Gasteiger partial charge is 0.320 e. The van der Waals surface area contributed by atoms with E-state index in [9.17, 15) is 9.90 Å². The summed E-state index contributed by atoms with van der Waals surface area (Å²) in [6.07, 6.45) is 1.20. The Morgan fingerprint density at radius 2 is 2.25 bits per heavy atom. The number of carboxylic acids is 1. The van der Waals surface area contributed by atoms with Crippen LogP contribution in [0.25, 0.3) is 0 Å². The Bertz CT molecular complexity index is 417. The van der Waals surface area contributed by atoms with Gasteiger partial charge in [-0.15, -0.1) is 0 Å². The Kier molecular flexibility index (Phi) is 3.84. The number of aromatic hydroxyl groups is 1. The topological polar surface area (TPSA) is 116 Å². The van der Waals surface area contributed by atoms with E-state index in [2.05, 4.69) is 5.16 Å². The van der Waals surface area contributed by atoms with Gasteiger partial charge in [-0.25, -0.2) is 0 Å². The van der Waals surface area contributed by atoms with E-state index in [4.69, 9.17) is 16.0 Å². The molecule has 0 aromatic heterocycles. The lowest BCUT2D eigenvalue weighted by molar-refractivity contribution is -0.138. The Balaban J connectivity index is 2.90. The number of hydrogen-bond acceptors (Lipinski definition) is 5. The molecule has 1 atom stereocenters. The minimum Gasteiger partial charge on any atom is -0.507 e. The first-order valence-corrected chi connectivity index (χ1v) is 4.52. The van der Waals surface area contributed by atoms with Crippen LogP contribution in [-0.2, 0) is 11.2 Å². The van der Waals surface area contributed by atoms with E-state index in [0.29, 0.717) is 11.1 Å². The van der Waals surface area contributed by atoms with Crippen molar-refractivity contribution in [2.75, 3.05) is 0 Å². The monoisotopic (exact) mass is 224 g/mol. The predicted molar refractivity (Wildman–Crippen MR) is 56.8 cm³/mol. The van der Waals surface area contributed by atoms with Crippen molar-refractivity contribution in [2.24, 2.45) is 10.9 Å². The molecule has 86 valence electrons. The van der Waals surface area contributed by atoms with Crippen LogP contribution in [-0.4, -0.2) is 33.6 Å². The molecular weight excluding hydrogens is 212 g/mol. The maximum absolute atomic E-state index is 10.5. The fraction of sp³-hybridized carbons (Fsp3) is 0.200. The van der Waals surface area contributed by atoms with Crippen LogP contribution in [0, 0.1) is 0 Å². The van der Waals surface area contributed by atoms with Gasteiger partial charge >= 0.3 is 5.97 Å². The van der Waals surface area contributed by atoms with Crippen LogP contribution < -0.4 is 5.73 Å². The van der Waals surface area contributed by atoms with Gasteiger partial charge in [-0.05, 0) is 24.1 Å². The number of rotatable bonds is 4. The van der Waals surface area contributed by atoms with E-state index >= 15 is 0 Å². The molecule has 0 radical (unpaired) electrons. The molecule has 0 aliphatic rings. The van der Waals surface area contributed by atoms with E-state index in [1.165, 1.54) is 12.1 Å². The molecule has 1 aromatic carbocycles. The number of benzene rings is 1. The van der Waals surface area contributed by atoms with Crippen molar-refractivity contribution in [1.29, 1.82) is 0 Å². The van der Waals surface area contributed by atoms with Crippen LogP contribution in [0.3, 0.4) is 0 Å². The zero-order valence-corrected chi connectivity index (χ0v) is 8.37. The molecule has 1 aromatic rings. The van der Waals surface area contributed by atoms with Crippen LogP contribution >= 0.6 is 0 Å². The standard InChI is InChI=1S/C10H12N2O4/c11-8(10(14)15)4-6-1-2-9(13)7(3-6)5-12-16/h1-3,5,8,13,16H,4,11H2,(H,14,15)/b12-5+. The number of nitrogens with two attached hydrogens (primary N) is 1. The lowest BCUT2D eigenvalue weighted by Crippen LogP contribution is -2.32. The van der Waals surface area contributed by atoms with E-state index in [-0.39, 0.29) is 12.2 Å². The summed E-state index contributed by atoms with van der Waals surface area (Å²) in [6.45, 7) is 0. The number of hydrogen-bond donors (Lipinski definition) is 4. The van der Waals surface area contributed by atoms with Crippen LogP contribution in [0.1, 0.15) is 11.1 Å². The Labute approximate surface area is 91.6 Å². The van der Waals surface area contributed by atoms with E-state index in [1.807, 2.05) is 0 Å². The first-order chi connectivity index (χ1) is 7.54. The van der Waals surface area contributed by atoms with Gasteiger partial charge in [0.05, 0.1) is 6.21 Å². The van der Waals surface area contributed by atoms with Gasteiger partial charge < -0.3 is 21.2 Å². The van der Waals surface area contributed by atoms with Crippen LogP contribution in [0.5, 0.6) is 5.75 Å². The number of carboxylic acid groups (broad SMARTS) is 1. The number of oxime groups is 1.